The van der Waals surface area contributed by atoms with E-state index in [1.165, 1.54) is 9.87 Å². The largest absolute Gasteiger partial charge is 0.494 e. The van der Waals surface area contributed by atoms with Gasteiger partial charge in [-0.25, -0.2) is 8.42 Å². The molecule has 2 aromatic carbocycles. The summed E-state index contributed by atoms with van der Waals surface area (Å²) < 4.78 is 37.8. The van der Waals surface area contributed by atoms with Crippen LogP contribution in [-0.2, 0) is 21.2 Å². The van der Waals surface area contributed by atoms with Crippen LogP contribution < -0.4 is 4.74 Å². The molecule has 2 aromatic rings. The number of nitrogens with zero attached hydrogens (tertiary/aromatic N) is 2. The molecule has 0 bridgehead atoms. The number of amides is 1. The van der Waals surface area contributed by atoms with Gasteiger partial charge in [0.1, 0.15) is 5.75 Å². The number of carbonyl (C=O) groups is 1. The molecule has 8 heteroatoms. The number of hydrogen-bond acceptors (Lipinski definition) is 5. The molecule has 2 aliphatic rings. The van der Waals surface area contributed by atoms with Crippen LogP contribution in [0.4, 0.5) is 0 Å². The second-order valence-electron chi connectivity index (χ2n) is 8.89. The molecule has 0 aromatic heterocycles. The number of ether oxygens (including phenoxy) is 2. The molecule has 0 spiro atoms. The summed E-state index contributed by atoms with van der Waals surface area (Å²) in [5.74, 6) is 1.49. The average Bonchev–Trinajstić information content (AvgIpc) is 2.89. The highest BCUT2D eigenvalue weighted by Gasteiger charge is 2.27. The fourth-order valence-electron chi connectivity index (χ4n) is 4.60. The van der Waals surface area contributed by atoms with E-state index in [9.17, 15) is 13.2 Å². The zero-order valence-corrected chi connectivity index (χ0v) is 20.6. The van der Waals surface area contributed by atoms with Crippen molar-refractivity contribution in [3.8, 4) is 5.75 Å². The summed E-state index contributed by atoms with van der Waals surface area (Å²) >= 11 is 0. The normalized spacial score (nSPS) is 18.1. The summed E-state index contributed by atoms with van der Waals surface area (Å²) in [5, 5.41) is 0. The van der Waals surface area contributed by atoms with Crippen LogP contribution in [0.25, 0.3) is 0 Å². The van der Waals surface area contributed by atoms with Crippen molar-refractivity contribution in [1.29, 1.82) is 0 Å². The van der Waals surface area contributed by atoms with E-state index in [1.807, 2.05) is 24.0 Å². The van der Waals surface area contributed by atoms with Gasteiger partial charge < -0.3 is 14.4 Å². The summed E-state index contributed by atoms with van der Waals surface area (Å²) in [6.07, 6.45) is 4.13. The minimum atomic E-state index is -3.55. The third-order valence-corrected chi connectivity index (χ3v) is 8.60. The van der Waals surface area contributed by atoms with Crippen LogP contribution in [0, 0.1) is 5.92 Å². The van der Waals surface area contributed by atoms with E-state index in [2.05, 4.69) is 12.1 Å². The first-order chi connectivity index (χ1) is 16.5. The zero-order valence-electron chi connectivity index (χ0n) is 19.8. The summed E-state index contributed by atoms with van der Waals surface area (Å²) in [5.41, 5.74) is 1.85. The number of hydrogen-bond donors (Lipinski definition) is 0. The van der Waals surface area contributed by atoms with Crippen LogP contribution in [0.1, 0.15) is 42.1 Å². The van der Waals surface area contributed by atoms with Gasteiger partial charge in [-0.15, -0.1) is 0 Å². The predicted molar refractivity (Wildman–Crippen MR) is 131 cm³/mol. The quantitative estimate of drug-likeness (QED) is 0.570. The number of aryl methyl sites for hydroxylation is 1. The van der Waals surface area contributed by atoms with Crippen molar-refractivity contribution in [3.05, 3.63) is 59.7 Å². The third kappa shape index (κ3) is 5.98. The number of piperidine rings is 1. The molecular weight excluding hydrogens is 452 g/mol. The Morgan fingerprint density at radius 2 is 1.62 bits per heavy atom. The molecule has 0 atom stereocenters. The number of rotatable bonds is 8. The lowest BCUT2D eigenvalue weighted by molar-refractivity contribution is 0.0687. The van der Waals surface area contributed by atoms with Crippen LogP contribution in [-0.4, -0.2) is 69.5 Å². The standard InChI is InChI=1S/C26H34N2O5S/c1-2-33-24-9-5-21(6-10-24)3-4-22-13-15-27(16-14-22)26(29)23-7-11-25(12-8-23)34(30,31)28-17-19-32-20-18-28/h5-12,22H,2-4,13-20H2,1H3. The number of carbonyl (C=O) groups excluding carboxylic acids is 1. The Morgan fingerprint density at radius 1 is 0.971 bits per heavy atom. The SMILES string of the molecule is CCOc1ccc(CCC2CCN(C(=O)c3ccc(S(=O)(=O)N4CCOCC4)cc3)CC2)cc1. The molecule has 1 amide bonds. The van der Waals surface area contributed by atoms with Crippen LogP contribution in [0.5, 0.6) is 5.75 Å². The van der Waals surface area contributed by atoms with E-state index < -0.39 is 10.0 Å². The molecule has 0 N–H and O–H groups in total. The second kappa shape index (κ2) is 11.3. The first-order valence-electron chi connectivity index (χ1n) is 12.2. The smallest absolute Gasteiger partial charge is 0.253 e. The molecule has 184 valence electrons. The van der Waals surface area contributed by atoms with Gasteiger partial charge in [0, 0.05) is 31.7 Å². The molecule has 34 heavy (non-hydrogen) atoms. The van der Waals surface area contributed by atoms with Crippen molar-refractivity contribution >= 4 is 15.9 Å². The van der Waals surface area contributed by atoms with E-state index in [-0.39, 0.29) is 10.8 Å². The monoisotopic (exact) mass is 486 g/mol. The van der Waals surface area contributed by atoms with Crippen LogP contribution in [0.3, 0.4) is 0 Å². The molecule has 0 saturated carbocycles. The first-order valence-corrected chi connectivity index (χ1v) is 13.6. The van der Waals surface area contributed by atoms with Gasteiger partial charge in [-0.3, -0.25) is 4.79 Å². The van der Waals surface area contributed by atoms with Gasteiger partial charge >= 0.3 is 0 Å². The fraction of sp³-hybridized carbons (Fsp3) is 0.500. The molecule has 0 aliphatic carbocycles. The summed E-state index contributed by atoms with van der Waals surface area (Å²) in [7, 11) is -3.55. The van der Waals surface area contributed by atoms with Gasteiger partial charge in [0.2, 0.25) is 10.0 Å². The molecule has 7 nitrogen and oxygen atoms in total. The lowest BCUT2D eigenvalue weighted by atomic mass is 9.90. The second-order valence-corrected chi connectivity index (χ2v) is 10.8. The summed E-state index contributed by atoms with van der Waals surface area (Å²) in [6, 6.07) is 14.7. The Labute approximate surface area is 202 Å². The molecule has 2 aliphatic heterocycles. The highest BCUT2D eigenvalue weighted by atomic mass is 32.2. The highest BCUT2D eigenvalue weighted by molar-refractivity contribution is 7.89. The van der Waals surface area contributed by atoms with Crippen molar-refractivity contribution in [2.24, 2.45) is 5.92 Å². The van der Waals surface area contributed by atoms with Gasteiger partial charge in [0.05, 0.1) is 24.7 Å². The van der Waals surface area contributed by atoms with Crippen LogP contribution in [0.2, 0.25) is 0 Å². The Morgan fingerprint density at radius 3 is 2.24 bits per heavy atom. The zero-order chi connectivity index (χ0) is 24.0. The van der Waals surface area contributed by atoms with Gasteiger partial charge in [0.25, 0.3) is 5.91 Å². The number of benzene rings is 2. The van der Waals surface area contributed by atoms with E-state index >= 15 is 0 Å². The Hall–Kier alpha value is -2.42. The Bertz CT molecular complexity index is 1040. The molecule has 2 saturated heterocycles. The maximum atomic E-state index is 13.0. The van der Waals surface area contributed by atoms with Crippen molar-refractivity contribution < 1.29 is 22.7 Å². The number of sulfonamides is 1. The Balaban J connectivity index is 1.26. The van der Waals surface area contributed by atoms with Gasteiger partial charge in [-0.2, -0.15) is 4.31 Å². The van der Waals surface area contributed by atoms with Crippen LogP contribution >= 0.6 is 0 Å². The summed E-state index contributed by atoms with van der Waals surface area (Å²) in [4.78, 5) is 15.1. The minimum absolute atomic E-state index is 0.0275. The van der Waals surface area contributed by atoms with Crippen molar-refractivity contribution in [3.63, 3.8) is 0 Å². The van der Waals surface area contributed by atoms with Gasteiger partial charge in [-0.05, 0) is 80.5 Å². The minimum Gasteiger partial charge on any atom is -0.494 e. The van der Waals surface area contributed by atoms with Crippen molar-refractivity contribution in [2.45, 2.75) is 37.5 Å². The van der Waals surface area contributed by atoms with Crippen molar-refractivity contribution in [1.82, 2.24) is 9.21 Å². The van der Waals surface area contributed by atoms with E-state index in [1.54, 1.807) is 24.3 Å². The highest BCUT2D eigenvalue weighted by Crippen LogP contribution is 2.25. The molecule has 4 rings (SSSR count). The van der Waals surface area contributed by atoms with Crippen LogP contribution in [0.15, 0.2) is 53.4 Å². The third-order valence-electron chi connectivity index (χ3n) is 6.69. The lowest BCUT2D eigenvalue weighted by Crippen LogP contribution is -2.40. The molecular formula is C26H34N2O5S. The maximum Gasteiger partial charge on any atom is 0.253 e. The predicted octanol–water partition coefficient (Wildman–Crippen LogP) is 3.59. The number of morpholine rings is 1. The van der Waals surface area contributed by atoms with E-state index in [0.717, 1.165) is 44.5 Å². The van der Waals surface area contributed by atoms with Crippen molar-refractivity contribution in [2.75, 3.05) is 46.0 Å². The summed E-state index contributed by atoms with van der Waals surface area (Å²) in [6.45, 7) is 5.66. The average molecular weight is 487 g/mol. The molecule has 0 unspecified atom stereocenters. The Kier molecular flexibility index (Phi) is 8.24. The van der Waals surface area contributed by atoms with Gasteiger partial charge in [0.15, 0.2) is 0 Å². The van der Waals surface area contributed by atoms with E-state index in [0.29, 0.717) is 44.4 Å². The topological polar surface area (TPSA) is 76.2 Å². The van der Waals surface area contributed by atoms with E-state index in [4.69, 9.17) is 9.47 Å². The van der Waals surface area contributed by atoms with Gasteiger partial charge in [-0.1, -0.05) is 12.1 Å². The molecule has 0 radical (unpaired) electrons. The fourth-order valence-corrected chi connectivity index (χ4v) is 6.01. The number of likely N-dealkylation sites (tertiary alicyclic amines) is 1. The maximum absolute atomic E-state index is 13.0. The first kappa shape index (κ1) is 24.7. The molecule has 2 fully saturated rings. The lowest BCUT2D eigenvalue weighted by Gasteiger charge is -2.32. The molecule has 2 heterocycles.